The molecule has 23 heavy (non-hydrogen) atoms. The maximum atomic E-state index is 12.5. The maximum absolute atomic E-state index is 12.5. The second kappa shape index (κ2) is 6.29. The van der Waals surface area contributed by atoms with Gasteiger partial charge in [-0.1, -0.05) is 17.7 Å². The molecule has 6 nitrogen and oxygen atoms in total. The van der Waals surface area contributed by atoms with Gasteiger partial charge < -0.3 is 9.84 Å². The molecule has 0 unspecified atom stereocenters. The van der Waals surface area contributed by atoms with Gasteiger partial charge in [0.25, 0.3) is 10.0 Å². The average Bonchev–Trinajstić information content (AvgIpc) is 2.49. The Morgan fingerprint density at radius 3 is 2.39 bits per heavy atom. The molecule has 0 aliphatic carbocycles. The van der Waals surface area contributed by atoms with E-state index in [9.17, 15) is 13.2 Å². The van der Waals surface area contributed by atoms with E-state index < -0.39 is 16.0 Å². The van der Waals surface area contributed by atoms with Gasteiger partial charge in [-0.15, -0.1) is 0 Å². The molecule has 2 aromatic rings. The summed E-state index contributed by atoms with van der Waals surface area (Å²) in [6.07, 6.45) is 0. The molecule has 0 aliphatic heterocycles. The first kappa shape index (κ1) is 16.8. The number of methoxy groups -OCH3 is 1. The number of carboxylic acids is 1. The number of aromatic carboxylic acids is 1. The van der Waals surface area contributed by atoms with Gasteiger partial charge in [-0.25, -0.2) is 13.2 Å². The number of aryl methyl sites for hydroxylation is 2. The molecule has 0 saturated carbocycles. The van der Waals surface area contributed by atoms with Crippen molar-refractivity contribution in [2.45, 2.75) is 18.7 Å². The summed E-state index contributed by atoms with van der Waals surface area (Å²) in [7, 11) is -2.58. The van der Waals surface area contributed by atoms with Crippen LogP contribution in [0.4, 0.5) is 5.69 Å². The van der Waals surface area contributed by atoms with Crippen LogP contribution in [0.5, 0.6) is 5.75 Å². The Morgan fingerprint density at radius 1 is 1.13 bits per heavy atom. The van der Waals surface area contributed by atoms with Crippen molar-refractivity contribution in [3.05, 3.63) is 53.1 Å². The number of hydrogen-bond donors (Lipinski definition) is 2. The van der Waals surface area contributed by atoms with E-state index in [1.807, 2.05) is 13.0 Å². The van der Waals surface area contributed by atoms with Gasteiger partial charge >= 0.3 is 5.97 Å². The van der Waals surface area contributed by atoms with Gasteiger partial charge in [0.05, 0.1) is 17.7 Å². The fourth-order valence-corrected chi connectivity index (χ4v) is 3.31. The molecule has 0 amide bonds. The monoisotopic (exact) mass is 335 g/mol. The normalized spacial score (nSPS) is 11.1. The van der Waals surface area contributed by atoms with Crippen LogP contribution in [0.1, 0.15) is 21.5 Å². The van der Waals surface area contributed by atoms with Crippen LogP contribution in [-0.2, 0) is 10.0 Å². The third-order valence-electron chi connectivity index (χ3n) is 3.34. The van der Waals surface area contributed by atoms with Gasteiger partial charge in [-0.2, -0.15) is 0 Å². The van der Waals surface area contributed by atoms with E-state index in [0.29, 0.717) is 5.69 Å². The number of sulfonamides is 1. The number of ether oxygens (including phenoxy) is 1. The number of nitrogens with one attached hydrogen (secondary N) is 1. The van der Waals surface area contributed by atoms with Crippen molar-refractivity contribution in [2.24, 2.45) is 0 Å². The lowest BCUT2D eigenvalue weighted by atomic mass is 10.1. The highest BCUT2D eigenvalue weighted by Crippen LogP contribution is 2.25. The summed E-state index contributed by atoms with van der Waals surface area (Å²) < 4.78 is 32.3. The molecule has 2 aromatic carbocycles. The van der Waals surface area contributed by atoms with Crippen molar-refractivity contribution < 1.29 is 23.1 Å². The Bertz CT molecular complexity index is 859. The fourth-order valence-electron chi connectivity index (χ4n) is 2.15. The third kappa shape index (κ3) is 3.62. The van der Waals surface area contributed by atoms with Gasteiger partial charge in [-0.3, -0.25) is 4.72 Å². The Labute approximate surface area is 134 Å². The molecule has 0 fully saturated rings. The van der Waals surface area contributed by atoms with Crippen LogP contribution in [0.2, 0.25) is 0 Å². The largest absolute Gasteiger partial charge is 0.496 e. The van der Waals surface area contributed by atoms with Crippen LogP contribution in [-0.4, -0.2) is 26.6 Å². The zero-order valence-corrected chi connectivity index (χ0v) is 13.8. The molecule has 0 heterocycles. The summed E-state index contributed by atoms with van der Waals surface area (Å²) >= 11 is 0. The van der Waals surface area contributed by atoms with Gasteiger partial charge in [0.1, 0.15) is 11.3 Å². The van der Waals surface area contributed by atoms with Gasteiger partial charge in [0.2, 0.25) is 0 Å². The predicted octanol–water partition coefficient (Wildman–Crippen LogP) is 2.81. The summed E-state index contributed by atoms with van der Waals surface area (Å²) in [6, 6.07) is 9.02. The Morgan fingerprint density at radius 2 is 1.83 bits per heavy atom. The number of anilines is 1. The van der Waals surface area contributed by atoms with Crippen LogP contribution < -0.4 is 9.46 Å². The van der Waals surface area contributed by atoms with E-state index in [2.05, 4.69) is 4.72 Å². The quantitative estimate of drug-likeness (QED) is 0.876. The number of rotatable bonds is 5. The molecular weight excluding hydrogens is 318 g/mol. The number of carboxylic acid groups (broad SMARTS) is 1. The molecule has 2 rings (SSSR count). The van der Waals surface area contributed by atoms with E-state index in [1.165, 1.54) is 19.2 Å². The molecule has 0 saturated heterocycles. The lowest BCUT2D eigenvalue weighted by Crippen LogP contribution is -2.15. The van der Waals surface area contributed by atoms with E-state index >= 15 is 0 Å². The average molecular weight is 335 g/mol. The Hall–Kier alpha value is -2.54. The highest BCUT2D eigenvalue weighted by Gasteiger charge is 2.20. The third-order valence-corrected chi connectivity index (χ3v) is 4.70. The molecule has 7 heteroatoms. The molecule has 122 valence electrons. The maximum Gasteiger partial charge on any atom is 0.339 e. The van der Waals surface area contributed by atoms with Crippen molar-refractivity contribution in [1.82, 2.24) is 0 Å². The van der Waals surface area contributed by atoms with Crippen molar-refractivity contribution in [3.8, 4) is 5.75 Å². The first-order valence-electron chi connectivity index (χ1n) is 6.76. The van der Waals surface area contributed by atoms with Gasteiger partial charge in [-0.05, 0) is 43.7 Å². The highest BCUT2D eigenvalue weighted by molar-refractivity contribution is 7.92. The van der Waals surface area contributed by atoms with Crippen molar-refractivity contribution in [1.29, 1.82) is 0 Å². The molecule has 2 N–H and O–H groups in total. The minimum Gasteiger partial charge on any atom is -0.496 e. The Balaban J connectivity index is 2.43. The smallest absolute Gasteiger partial charge is 0.339 e. The zero-order valence-electron chi connectivity index (χ0n) is 13.0. The van der Waals surface area contributed by atoms with Crippen LogP contribution in [0.3, 0.4) is 0 Å². The summed E-state index contributed by atoms with van der Waals surface area (Å²) in [5.41, 5.74) is 2.03. The summed E-state index contributed by atoms with van der Waals surface area (Å²) in [6.45, 7) is 3.70. The van der Waals surface area contributed by atoms with Gasteiger partial charge in [0, 0.05) is 0 Å². The van der Waals surface area contributed by atoms with Crippen LogP contribution in [0.25, 0.3) is 0 Å². The first-order valence-corrected chi connectivity index (χ1v) is 8.24. The minimum atomic E-state index is -3.90. The molecule has 0 radical (unpaired) electrons. The SMILES string of the molecule is COc1ccc(S(=O)(=O)Nc2ccc(C)cc2C)cc1C(=O)O. The first-order chi connectivity index (χ1) is 10.7. The molecule has 0 aliphatic rings. The number of carbonyl (C=O) groups is 1. The van der Waals surface area contributed by atoms with Crippen molar-refractivity contribution in [3.63, 3.8) is 0 Å². The van der Waals surface area contributed by atoms with Crippen LogP contribution in [0, 0.1) is 13.8 Å². The number of hydrogen-bond acceptors (Lipinski definition) is 4. The minimum absolute atomic E-state index is 0.1000. The van der Waals surface area contributed by atoms with E-state index in [4.69, 9.17) is 9.84 Å². The van der Waals surface area contributed by atoms with E-state index in [1.54, 1.807) is 19.1 Å². The molecule has 0 bridgehead atoms. The second-order valence-electron chi connectivity index (χ2n) is 5.09. The van der Waals surface area contributed by atoms with Crippen LogP contribution in [0.15, 0.2) is 41.3 Å². The Kier molecular flexibility index (Phi) is 4.60. The number of benzene rings is 2. The zero-order chi connectivity index (χ0) is 17.2. The predicted molar refractivity (Wildman–Crippen MR) is 86.7 cm³/mol. The highest BCUT2D eigenvalue weighted by atomic mass is 32.2. The lowest BCUT2D eigenvalue weighted by Gasteiger charge is -2.12. The standard InChI is InChI=1S/C16H17NO5S/c1-10-4-6-14(11(2)8-10)17-23(20,21)12-5-7-15(22-3)13(9-12)16(18)19/h4-9,17H,1-3H3,(H,18,19). The second-order valence-corrected chi connectivity index (χ2v) is 6.77. The van der Waals surface area contributed by atoms with Gasteiger partial charge in [0.15, 0.2) is 0 Å². The van der Waals surface area contributed by atoms with E-state index in [-0.39, 0.29) is 16.2 Å². The van der Waals surface area contributed by atoms with Crippen molar-refractivity contribution in [2.75, 3.05) is 11.8 Å². The summed E-state index contributed by atoms with van der Waals surface area (Å²) in [5.74, 6) is -1.16. The van der Waals surface area contributed by atoms with Crippen LogP contribution >= 0.6 is 0 Å². The molecule has 0 aromatic heterocycles. The fraction of sp³-hybridized carbons (Fsp3) is 0.188. The molecule has 0 spiro atoms. The molecule has 0 atom stereocenters. The molecular formula is C16H17NO5S. The lowest BCUT2D eigenvalue weighted by molar-refractivity contribution is 0.0693. The van der Waals surface area contributed by atoms with Crippen molar-refractivity contribution >= 4 is 21.7 Å². The topological polar surface area (TPSA) is 92.7 Å². The summed E-state index contributed by atoms with van der Waals surface area (Å²) in [4.78, 5) is 11.1. The van der Waals surface area contributed by atoms with E-state index in [0.717, 1.165) is 17.2 Å². The summed E-state index contributed by atoms with van der Waals surface area (Å²) in [5, 5.41) is 9.16.